The van der Waals surface area contributed by atoms with Crippen molar-refractivity contribution in [3.8, 4) is 0 Å². The lowest BCUT2D eigenvalue weighted by atomic mass is 10.1. The third kappa shape index (κ3) is 4.28. The fraction of sp³-hybridized carbons (Fsp3) is 0.292. The smallest absolute Gasteiger partial charge is 0.340 e. The van der Waals surface area contributed by atoms with Crippen molar-refractivity contribution in [1.82, 2.24) is 4.90 Å². The largest absolute Gasteiger partial charge is 0.462 e. The zero-order valence-corrected chi connectivity index (χ0v) is 18.8. The number of ether oxygens (including phenoxy) is 2. The van der Waals surface area contributed by atoms with E-state index in [0.717, 1.165) is 15.4 Å². The van der Waals surface area contributed by atoms with E-state index >= 15 is 0 Å². The van der Waals surface area contributed by atoms with Crippen LogP contribution in [0.25, 0.3) is 0 Å². The number of anilines is 1. The normalized spacial score (nSPS) is 16.7. The van der Waals surface area contributed by atoms with Crippen molar-refractivity contribution < 1.29 is 23.9 Å². The first-order chi connectivity index (χ1) is 15.5. The molecular formula is C24H24N2O5S. The van der Waals surface area contributed by atoms with Gasteiger partial charge in [-0.1, -0.05) is 41.6 Å². The summed E-state index contributed by atoms with van der Waals surface area (Å²) in [7, 11) is 0. The average molecular weight is 453 g/mol. The fourth-order valence-corrected chi connectivity index (χ4v) is 4.65. The molecule has 7 nitrogen and oxygen atoms in total. The molecular weight excluding hydrogens is 428 g/mol. The molecule has 1 saturated heterocycles. The molecule has 0 unspecified atom stereocenters. The van der Waals surface area contributed by atoms with Crippen LogP contribution >= 0.6 is 11.8 Å². The van der Waals surface area contributed by atoms with Crippen molar-refractivity contribution in [3.63, 3.8) is 0 Å². The fourth-order valence-electron chi connectivity index (χ4n) is 3.65. The molecule has 2 aromatic carbocycles. The van der Waals surface area contributed by atoms with Crippen LogP contribution in [0, 0.1) is 6.92 Å². The molecule has 2 aromatic rings. The van der Waals surface area contributed by atoms with Gasteiger partial charge < -0.3 is 14.4 Å². The molecule has 1 fully saturated rings. The number of carbonyl (C=O) groups excluding carboxylic acids is 3. The molecule has 0 aromatic heterocycles. The highest BCUT2D eigenvalue weighted by Gasteiger charge is 2.44. The summed E-state index contributed by atoms with van der Waals surface area (Å²) in [5.74, 6) is -1.46. The van der Waals surface area contributed by atoms with Gasteiger partial charge in [-0.15, -0.1) is 0 Å². The Kier molecular flexibility index (Phi) is 6.62. The highest BCUT2D eigenvalue weighted by molar-refractivity contribution is 8.04. The van der Waals surface area contributed by atoms with E-state index in [1.165, 1.54) is 11.8 Å². The lowest BCUT2D eigenvalue weighted by Gasteiger charge is -2.29. The Morgan fingerprint density at radius 3 is 2.41 bits per heavy atom. The number of benzene rings is 2. The molecule has 0 aliphatic carbocycles. The number of para-hydroxylation sites is 1. The molecule has 2 aliphatic heterocycles. The van der Waals surface area contributed by atoms with Crippen LogP contribution < -0.4 is 4.90 Å². The lowest BCUT2D eigenvalue weighted by molar-refractivity contribution is -0.121. The summed E-state index contributed by atoms with van der Waals surface area (Å²) in [6.45, 7) is 5.88. The van der Waals surface area contributed by atoms with Crippen LogP contribution in [0.2, 0.25) is 0 Å². The van der Waals surface area contributed by atoms with Crippen LogP contribution in [0.3, 0.4) is 0 Å². The molecule has 4 rings (SSSR count). The SMILES string of the molecule is CCOC(=O)c1ccccc1N1C(=O)C(Sc2ccc(C)cc2)=C(N2CCOCC2)C1=O. The number of amides is 2. The van der Waals surface area contributed by atoms with Gasteiger partial charge in [-0.2, -0.15) is 0 Å². The predicted octanol–water partition coefficient (Wildman–Crippen LogP) is 3.38. The van der Waals surface area contributed by atoms with E-state index in [1.807, 2.05) is 36.1 Å². The number of rotatable bonds is 6. The summed E-state index contributed by atoms with van der Waals surface area (Å²) >= 11 is 1.27. The zero-order chi connectivity index (χ0) is 22.7. The van der Waals surface area contributed by atoms with Gasteiger partial charge in [0.15, 0.2) is 0 Å². The number of aryl methyl sites for hydroxylation is 1. The van der Waals surface area contributed by atoms with E-state index in [-0.39, 0.29) is 17.9 Å². The van der Waals surface area contributed by atoms with Crippen LogP contribution in [0.15, 0.2) is 64.0 Å². The molecule has 2 aliphatic rings. The zero-order valence-electron chi connectivity index (χ0n) is 18.0. The van der Waals surface area contributed by atoms with Crippen molar-refractivity contribution >= 4 is 35.2 Å². The van der Waals surface area contributed by atoms with Gasteiger partial charge in [0, 0.05) is 18.0 Å². The van der Waals surface area contributed by atoms with Crippen molar-refractivity contribution in [2.75, 3.05) is 37.8 Å². The summed E-state index contributed by atoms with van der Waals surface area (Å²) in [5.41, 5.74) is 1.86. The second-order valence-corrected chi connectivity index (χ2v) is 8.46. The van der Waals surface area contributed by atoms with E-state index in [2.05, 4.69) is 0 Å². The van der Waals surface area contributed by atoms with Gasteiger partial charge in [0.05, 0.1) is 31.1 Å². The van der Waals surface area contributed by atoms with Gasteiger partial charge in [0.2, 0.25) is 0 Å². The summed E-state index contributed by atoms with van der Waals surface area (Å²) in [5, 5.41) is 0. The number of carbonyl (C=O) groups is 3. The molecule has 0 bridgehead atoms. The Morgan fingerprint density at radius 2 is 1.72 bits per heavy atom. The molecule has 2 amide bonds. The molecule has 8 heteroatoms. The van der Waals surface area contributed by atoms with Crippen LogP contribution in [0.1, 0.15) is 22.8 Å². The van der Waals surface area contributed by atoms with Gasteiger partial charge in [0.25, 0.3) is 11.8 Å². The second kappa shape index (κ2) is 9.58. The first-order valence-corrected chi connectivity index (χ1v) is 11.3. The van der Waals surface area contributed by atoms with Crippen molar-refractivity contribution in [2.24, 2.45) is 0 Å². The van der Waals surface area contributed by atoms with Crippen molar-refractivity contribution in [2.45, 2.75) is 18.7 Å². The molecule has 2 heterocycles. The summed E-state index contributed by atoms with van der Waals surface area (Å²) in [6, 6.07) is 14.3. The molecule has 0 saturated carbocycles. The minimum Gasteiger partial charge on any atom is -0.462 e. The van der Waals surface area contributed by atoms with Crippen molar-refractivity contribution in [3.05, 3.63) is 70.3 Å². The molecule has 0 N–H and O–H groups in total. The number of nitrogens with zero attached hydrogens (tertiary/aromatic N) is 2. The molecule has 0 atom stereocenters. The van der Waals surface area contributed by atoms with E-state index in [0.29, 0.717) is 36.9 Å². The third-order valence-electron chi connectivity index (χ3n) is 5.23. The summed E-state index contributed by atoms with van der Waals surface area (Å²) < 4.78 is 10.6. The first kappa shape index (κ1) is 22.1. The number of esters is 1. The Balaban J connectivity index is 1.75. The van der Waals surface area contributed by atoms with E-state index < -0.39 is 17.8 Å². The monoisotopic (exact) mass is 452 g/mol. The van der Waals surface area contributed by atoms with E-state index in [1.54, 1.807) is 31.2 Å². The second-order valence-electron chi connectivity index (χ2n) is 7.38. The van der Waals surface area contributed by atoms with Crippen LogP contribution in [-0.2, 0) is 19.1 Å². The summed E-state index contributed by atoms with van der Waals surface area (Å²) in [6.07, 6.45) is 0. The Labute approximate surface area is 191 Å². The maximum Gasteiger partial charge on any atom is 0.340 e. The highest BCUT2D eigenvalue weighted by Crippen LogP contribution is 2.40. The average Bonchev–Trinajstić information content (AvgIpc) is 3.05. The number of hydrogen-bond acceptors (Lipinski definition) is 7. The Bertz CT molecular complexity index is 1070. The minimum atomic E-state index is -0.573. The van der Waals surface area contributed by atoms with Gasteiger partial charge in [-0.05, 0) is 38.1 Å². The molecule has 0 radical (unpaired) electrons. The predicted molar refractivity (Wildman–Crippen MR) is 121 cm³/mol. The number of morpholine rings is 1. The van der Waals surface area contributed by atoms with Gasteiger partial charge in [0.1, 0.15) is 10.6 Å². The molecule has 0 spiro atoms. The minimum absolute atomic E-state index is 0.180. The van der Waals surface area contributed by atoms with Crippen LogP contribution in [0.4, 0.5) is 5.69 Å². The first-order valence-electron chi connectivity index (χ1n) is 10.5. The molecule has 166 valence electrons. The lowest BCUT2D eigenvalue weighted by Crippen LogP contribution is -2.40. The maximum atomic E-state index is 13.6. The third-order valence-corrected chi connectivity index (χ3v) is 6.31. The molecule has 32 heavy (non-hydrogen) atoms. The van der Waals surface area contributed by atoms with Crippen LogP contribution in [-0.4, -0.2) is 55.6 Å². The topological polar surface area (TPSA) is 76.2 Å². The highest BCUT2D eigenvalue weighted by atomic mass is 32.2. The number of imide groups is 1. The number of hydrogen-bond donors (Lipinski definition) is 0. The Morgan fingerprint density at radius 1 is 1.03 bits per heavy atom. The van der Waals surface area contributed by atoms with Crippen molar-refractivity contribution in [1.29, 1.82) is 0 Å². The van der Waals surface area contributed by atoms with E-state index in [4.69, 9.17) is 9.47 Å². The van der Waals surface area contributed by atoms with Gasteiger partial charge >= 0.3 is 5.97 Å². The van der Waals surface area contributed by atoms with Crippen LogP contribution in [0.5, 0.6) is 0 Å². The standard InChI is InChI=1S/C24H24N2O5S/c1-3-31-24(29)18-6-4-5-7-19(18)26-22(27)20(25-12-14-30-15-13-25)21(23(26)28)32-17-10-8-16(2)9-11-17/h4-11H,3,12-15H2,1-2H3. The van der Waals surface area contributed by atoms with E-state index in [9.17, 15) is 14.4 Å². The van der Waals surface area contributed by atoms with Gasteiger partial charge in [-0.3, -0.25) is 9.59 Å². The quantitative estimate of drug-likeness (QED) is 0.491. The maximum absolute atomic E-state index is 13.6. The Hall–Kier alpha value is -3.10. The summed E-state index contributed by atoms with van der Waals surface area (Å²) in [4.78, 5) is 43.9. The number of thioether (sulfide) groups is 1. The van der Waals surface area contributed by atoms with Gasteiger partial charge in [-0.25, -0.2) is 9.69 Å².